The van der Waals surface area contributed by atoms with Gasteiger partial charge in [-0.2, -0.15) is 0 Å². The third-order valence-electron chi connectivity index (χ3n) is 10.8. The molecule has 6 unspecified atom stereocenters. The first-order valence-electron chi connectivity index (χ1n) is 23.6. The van der Waals surface area contributed by atoms with E-state index in [4.69, 9.17) is 18.9 Å². The first-order chi connectivity index (χ1) is 27.9. The second-order valence-corrected chi connectivity index (χ2v) is 16.2. The van der Waals surface area contributed by atoms with Crippen molar-refractivity contribution in [3.8, 4) is 0 Å². The highest BCUT2D eigenvalue weighted by Crippen LogP contribution is 2.22. The van der Waals surface area contributed by atoms with E-state index in [0.717, 1.165) is 57.8 Å². The van der Waals surface area contributed by atoms with Crippen LogP contribution in [0, 0.1) is 0 Å². The van der Waals surface area contributed by atoms with Crippen molar-refractivity contribution in [3.05, 3.63) is 36.5 Å². The zero-order valence-corrected chi connectivity index (χ0v) is 36.6. The number of hydrogen-bond acceptors (Lipinski definition) is 9. The van der Waals surface area contributed by atoms with Crippen LogP contribution in [-0.2, 0) is 23.7 Å². The van der Waals surface area contributed by atoms with Gasteiger partial charge in [0.2, 0.25) is 0 Å². The predicted octanol–water partition coefficient (Wildman–Crippen LogP) is 10.8. The van der Waals surface area contributed by atoms with Crippen molar-refractivity contribution in [1.82, 2.24) is 0 Å². The monoisotopic (exact) mass is 809 g/mol. The average molecular weight is 809 g/mol. The molecule has 9 nitrogen and oxygen atoms in total. The molecule has 9 heteroatoms. The Morgan fingerprint density at radius 2 is 1.02 bits per heavy atom. The maximum Gasteiger partial charge on any atom is 0.306 e. The van der Waals surface area contributed by atoms with E-state index in [9.17, 15) is 25.2 Å². The van der Waals surface area contributed by atoms with Gasteiger partial charge in [-0.25, -0.2) is 0 Å². The number of esters is 1. The quantitative estimate of drug-likeness (QED) is 0.0271. The van der Waals surface area contributed by atoms with Crippen molar-refractivity contribution in [2.45, 2.75) is 237 Å². The molecule has 1 rings (SSSR count). The fraction of sp³-hybridized carbons (Fsp3) is 0.854. The van der Waals surface area contributed by atoms with Crippen LogP contribution in [0.4, 0.5) is 0 Å². The number of rotatable bonds is 40. The topological polar surface area (TPSA) is 135 Å². The highest BCUT2D eigenvalue weighted by molar-refractivity contribution is 5.69. The summed E-state index contributed by atoms with van der Waals surface area (Å²) in [4.78, 5) is 12.8. The highest BCUT2D eigenvalue weighted by atomic mass is 16.7. The van der Waals surface area contributed by atoms with Gasteiger partial charge in [0.05, 0.1) is 19.8 Å². The normalized spacial score (nSPS) is 20.7. The van der Waals surface area contributed by atoms with Gasteiger partial charge in [0.25, 0.3) is 0 Å². The lowest BCUT2D eigenvalue weighted by Crippen LogP contribution is -2.59. The minimum Gasteiger partial charge on any atom is -0.457 e. The molecule has 57 heavy (non-hydrogen) atoms. The van der Waals surface area contributed by atoms with E-state index < -0.39 is 43.4 Å². The number of ether oxygens (including phenoxy) is 4. The minimum absolute atomic E-state index is 0.117. The number of carbonyl (C=O) groups excluding carboxylic acids is 1. The van der Waals surface area contributed by atoms with Gasteiger partial charge in [0.1, 0.15) is 30.5 Å². The van der Waals surface area contributed by atoms with Gasteiger partial charge in [-0.05, 0) is 51.4 Å². The average Bonchev–Trinajstić information content (AvgIpc) is 3.21. The molecule has 0 aromatic heterocycles. The van der Waals surface area contributed by atoms with Crippen LogP contribution < -0.4 is 0 Å². The van der Waals surface area contributed by atoms with E-state index in [1.807, 2.05) is 0 Å². The van der Waals surface area contributed by atoms with E-state index >= 15 is 0 Å². The van der Waals surface area contributed by atoms with Crippen molar-refractivity contribution < 1.29 is 44.2 Å². The van der Waals surface area contributed by atoms with Gasteiger partial charge in [-0.1, -0.05) is 179 Å². The number of aliphatic hydroxyl groups excluding tert-OH is 4. The van der Waals surface area contributed by atoms with Gasteiger partial charge in [-0.3, -0.25) is 4.79 Å². The lowest BCUT2D eigenvalue weighted by atomic mass is 9.99. The SMILES string of the molecule is CCCCC/C=C\C/C=C\C/C=C\CCCCCCCCC(=O)OC(COCCCCCCCCCCCCCCCCC)COC1OC(CO)C(O)C(O)C1O. The van der Waals surface area contributed by atoms with Crippen molar-refractivity contribution in [3.63, 3.8) is 0 Å². The summed E-state index contributed by atoms with van der Waals surface area (Å²) in [6, 6.07) is 0. The van der Waals surface area contributed by atoms with Crippen LogP contribution in [0.1, 0.15) is 200 Å². The van der Waals surface area contributed by atoms with E-state index in [1.165, 1.54) is 122 Å². The van der Waals surface area contributed by atoms with Crippen LogP contribution in [-0.4, -0.2) is 89.6 Å². The molecule has 0 spiro atoms. The second kappa shape index (κ2) is 39.8. The van der Waals surface area contributed by atoms with Gasteiger partial charge in [0, 0.05) is 13.0 Å². The maximum absolute atomic E-state index is 12.8. The summed E-state index contributed by atoms with van der Waals surface area (Å²) in [5.74, 6) is -0.324. The highest BCUT2D eigenvalue weighted by Gasteiger charge is 2.44. The molecule has 0 bridgehead atoms. The van der Waals surface area contributed by atoms with Crippen molar-refractivity contribution >= 4 is 5.97 Å². The smallest absolute Gasteiger partial charge is 0.306 e. The number of hydrogen-bond donors (Lipinski definition) is 4. The molecule has 334 valence electrons. The first kappa shape index (κ1) is 53.4. The van der Waals surface area contributed by atoms with Gasteiger partial charge in [0.15, 0.2) is 6.29 Å². The number of aliphatic hydroxyl groups is 4. The Labute approximate surface area is 349 Å². The molecule has 0 aromatic carbocycles. The second-order valence-electron chi connectivity index (χ2n) is 16.2. The van der Waals surface area contributed by atoms with Crippen LogP contribution in [0.3, 0.4) is 0 Å². The summed E-state index contributed by atoms with van der Waals surface area (Å²) in [5, 5.41) is 40.1. The molecule has 1 heterocycles. The summed E-state index contributed by atoms with van der Waals surface area (Å²) in [7, 11) is 0. The number of carbonyl (C=O) groups is 1. The largest absolute Gasteiger partial charge is 0.457 e. The summed E-state index contributed by atoms with van der Waals surface area (Å²) in [6.45, 7) is 4.54. The molecule has 4 N–H and O–H groups in total. The standard InChI is InChI=1S/C48H88O9/c1-3-5-7-9-11-13-15-17-19-20-21-22-23-25-27-29-31-33-35-37-44(50)56-42(41-55-48-47(53)46(52)45(51)43(39-49)57-48)40-54-38-36-34-32-30-28-26-24-18-16-14-12-10-8-6-4-2/h11,13,17,19,21-22,42-43,45-49,51-53H,3-10,12,14-16,18,20,23-41H2,1-2H3/b13-11-,19-17-,22-21-. The molecular weight excluding hydrogens is 721 g/mol. The van der Waals surface area contributed by atoms with E-state index in [2.05, 4.69) is 50.3 Å². The summed E-state index contributed by atoms with van der Waals surface area (Å²) >= 11 is 0. The molecule has 1 aliphatic rings. The van der Waals surface area contributed by atoms with Crippen LogP contribution in [0.25, 0.3) is 0 Å². The van der Waals surface area contributed by atoms with Crippen LogP contribution in [0.2, 0.25) is 0 Å². The Kier molecular flexibility index (Phi) is 37.4. The summed E-state index contributed by atoms with van der Waals surface area (Å²) in [6.07, 6.45) is 40.2. The fourth-order valence-electron chi connectivity index (χ4n) is 7.09. The Morgan fingerprint density at radius 3 is 1.56 bits per heavy atom. The lowest BCUT2D eigenvalue weighted by Gasteiger charge is -2.39. The third kappa shape index (κ3) is 31.0. The molecule has 0 amide bonds. The van der Waals surface area contributed by atoms with Gasteiger partial charge >= 0.3 is 5.97 Å². The molecule has 0 aliphatic carbocycles. The summed E-state index contributed by atoms with van der Waals surface area (Å²) < 4.78 is 22.8. The van der Waals surface area contributed by atoms with E-state index in [1.54, 1.807) is 0 Å². The van der Waals surface area contributed by atoms with Crippen molar-refractivity contribution in [2.75, 3.05) is 26.4 Å². The molecule has 6 atom stereocenters. The van der Waals surface area contributed by atoms with Crippen LogP contribution in [0.5, 0.6) is 0 Å². The number of allylic oxidation sites excluding steroid dienone is 6. The Morgan fingerprint density at radius 1 is 0.561 bits per heavy atom. The Hall–Kier alpha value is -1.59. The molecule has 1 fully saturated rings. The zero-order valence-electron chi connectivity index (χ0n) is 36.6. The van der Waals surface area contributed by atoms with Crippen LogP contribution >= 0.6 is 0 Å². The van der Waals surface area contributed by atoms with Crippen molar-refractivity contribution in [2.24, 2.45) is 0 Å². The molecule has 0 saturated carbocycles. The van der Waals surface area contributed by atoms with Crippen molar-refractivity contribution in [1.29, 1.82) is 0 Å². The molecule has 0 aromatic rings. The molecule has 1 saturated heterocycles. The van der Waals surface area contributed by atoms with E-state index in [-0.39, 0.29) is 19.2 Å². The first-order valence-corrected chi connectivity index (χ1v) is 23.6. The third-order valence-corrected chi connectivity index (χ3v) is 10.8. The predicted molar refractivity (Wildman–Crippen MR) is 233 cm³/mol. The van der Waals surface area contributed by atoms with Gasteiger partial charge in [-0.15, -0.1) is 0 Å². The summed E-state index contributed by atoms with van der Waals surface area (Å²) in [5.41, 5.74) is 0. The molecule has 0 radical (unpaired) electrons. The zero-order chi connectivity index (χ0) is 41.4. The molecular formula is C48H88O9. The Bertz CT molecular complexity index is 968. The maximum atomic E-state index is 12.8. The van der Waals surface area contributed by atoms with Crippen LogP contribution in [0.15, 0.2) is 36.5 Å². The van der Waals surface area contributed by atoms with E-state index in [0.29, 0.717) is 13.0 Å². The van der Waals surface area contributed by atoms with Gasteiger partial charge < -0.3 is 39.4 Å². The lowest BCUT2D eigenvalue weighted by molar-refractivity contribution is -0.305. The Balaban J connectivity index is 2.26. The number of unbranched alkanes of at least 4 members (excludes halogenated alkanes) is 23. The molecule has 1 aliphatic heterocycles. The fourth-order valence-corrected chi connectivity index (χ4v) is 7.09. The minimum atomic E-state index is -1.54.